The van der Waals surface area contributed by atoms with Gasteiger partial charge in [0.05, 0.1) is 10.8 Å². The van der Waals surface area contributed by atoms with E-state index in [0.29, 0.717) is 5.75 Å². The Balaban J connectivity index is 2.40. The van der Waals surface area contributed by atoms with Crippen molar-refractivity contribution in [3.05, 3.63) is 24.4 Å². The number of thioether (sulfide) groups is 1. The molecule has 1 aromatic heterocycles. The summed E-state index contributed by atoms with van der Waals surface area (Å²) in [5.41, 5.74) is 0. The summed E-state index contributed by atoms with van der Waals surface area (Å²) in [5, 5.41) is 0.901. The third kappa shape index (κ3) is 3.91. The molecule has 15 heavy (non-hydrogen) atoms. The van der Waals surface area contributed by atoms with Crippen LogP contribution >= 0.6 is 11.8 Å². The van der Waals surface area contributed by atoms with Crippen LogP contribution in [0.1, 0.15) is 13.8 Å². The summed E-state index contributed by atoms with van der Waals surface area (Å²) in [5.74, 6) is 0.647. The number of rotatable bonds is 5. The second-order valence-corrected chi connectivity index (χ2v) is 4.02. The summed E-state index contributed by atoms with van der Waals surface area (Å²) in [4.78, 5) is 17.6. The van der Waals surface area contributed by atoms with Gasteiger partial charge in [-0.15, -0.1) is 0 Å². The molecule has 1 rings (SSSR count). The predicted octanol–water partition coefficient (Wildman–Crippen LogP) is 2.04. The van der Waals surface area contributed by atoms with E-state index in [1.54, 1.807) is 6.20 Å². The zero-order valence-electron chi connectivity index (χ0n) is 9.14. The van der Waals surface area contributed by atoms with Crippen molar-refractivity contribution in [2.24, 2.45) is 0 Å². The molecule has 0 saturated carbocycles. The largest absolute Gasteiger partial charge is 0.343 e. The van der Waals surface area contributed by atoms with Crippen LogP contribution in [0.4, 0.5) is 0 Å². The third-order valence-corrected chi connectivity index (χ3v) is 3.03. The normalized spacial score (nSPS) is 10.0. The first-order valence-corrected chi connectivity index (χ1v) is 6.08. The van der Waals surface area contributed by atoms with Gasteiger partial charge in [-0.05, 0) is 26.0 Å². The zero-order valence-corrected chi connectivity index (χ0v) is 9.96. The van der Waals surface area contributed by atoms with Gasteiger partial charge in [-0.25, -0.2) is 4.98 Å². The van der Waals surface area contributed by atoms with Gasteiger partial charge in [0.15, 0.2) is 0 Å². The van der Waals surface area contributed by atoms with E-state index < -0.39 is 0 Å². The van der Waals surface area contributed by atoms with Gasteiger partial charge < -0.3 is 4.90 Å². The van der Waals surface area contributed by atoms with Gasteiger partial charge >= 0.3 is 0 Å². The summed E-state index contributed by atoms with van der Waals surface area (Å²) >= 11 is 1.49. The van der Waals surface area contributed by atoms with Crippen LogP contribution in [0, 0.1) is 0 Å². The highest BCUT2D eigenvalue weighted by molar-refractivity contribution is 7.99. The number of hydrogen-bond acceptors (Lipinski definition) is 3. The Morgan fingerprint density at radius 3 is 2.67 bits per heavy atom. The van der Waals surface area contributed by atoms with Gasteiger partial charge in [-0.1, -0.05) is 17.8 Å². The van der Waals surface area contributed by atoms with Crippen LogP contribution < -0.4 is 0 Å². The van der Waals surface area contributed by atoms with Crippen LogP contribution in [0.3, 0.4) is 0 Å². The van der Waals surface area contributed by atoms with E-state index in [-0.39, 0.29) is 5.91 Å². The van der Waals surface area contributed by atoms with Crippen LogP contribution in [-0.2, 0) is 4.79 Å². The Kier molecular flexibility index (Phi) is 5.18. The number of carbonyl (C=O) groups is 1. The molecule has 82 valence electrons. The molecule has 0 radical (unpaired) electrons. The molecule has 0 fully saturated rings. The lowest BCUT2D eigenvalue weighted by Gasteiger charge is -2.17. The first-order valence-electron chi connectivity index (χ1n) is 5.09. The van der Waals surface area contributed by atoms with Gasteiger partial charge in [-0.3, -0.25) is 4.79 Å². The standard InChI is InChI=1S/C11H16N2OS/c1-3-13(4-2)11(14)9-15-10-7-5-6-8-12-10/h5-8H,3-4,9H2,1-2H3. The van der Waals surface area contributed by atoms with Crippen molar-refractivity contribution in [3.8, 4) is 0 Å². The Labute approximate surface area is 94.9 Å². The average Bonchev–Trinajstić information content (AvgIpc) is 2.29. The Bertz CT molecular complexity index is 299. The summed E-state index contributed by atoms with van der Waals surface area (Å²) in [6.07, 6.45) is 1.74. The van der Waals surface area contributed by atoms with Crippen molar-refractivity contribution in [2.75, 3.05) is 18.8 Å². The monoisotopic (exact) mass is 224 g/mol. The maximum absolute atomic E-state index is 11.7. The highest BCUT2D eigenvalue weighted by Gasteiger charge is 2.09. The predicted molar refractivity (Wildman–Crippen MR) is 62.9 cm³/mol. The summed E-state index contributed by atoms with van der Waals surface area (Å²) in [6.45, 7) is 5.54. The van der Waals surface area contributed by atoms with Crippen molar-refractivity contribution in [2.45, 2.75) is 18.9 Å². The van der Waals surface area contributed by atoms with Gasteiger partial charge in [0.2, 0.25) is 5.91 Å². The van der Waals surface area contributed by atoms with E-state index in [1.807, 2.05) is 36.9 Å². The zero-order chi connectivity index (χ0) is 11.1. The highest BCUT2D eigenvalue weighted by atomic mass is 32.2. The minimum Gasteiger partial charge on any atom is -0.343 e. The lowest BCUT2D eigenvalue weighted by atomic mass is 10.5. The van der Waals surface area contributed by atoms with Gasteiger partial charge in [-0.2, -0.15) is 0 Å². The summed E-state index contributed by atoms with van der Waals surface area (Å²) in [7, 11) is 0. The van der Waals surface area contributed by atoms with Crippen molar-refractivity contribution in [1.29, 1.82) is 0 Å². The highest BCUT2D eigenvalue weighted by Crippen LogP contribution is 2.14. The molecule has 1 aromatic rings. The molecule has 0 aliphatic carbocycles. The van der Waals surface area contributed by atoms with Gasteiger partial charge in [0.1, 0.15) is 0 Å². The van der Waals surface area contributed by atoms with E-state index in [0.717, 1.165) is 18.1 Å². The number of aromatic nitrogens is 1. The number of carbonyl (C=O) groups excluding carboxylic acids is 1. The lowest BCUT2D eigenvalue weighted by Crippen LogP contribution is -2.31. The van der Waals surface area contributed by atoms with E-state index in [2.05, 4.69) is 4.98 Å². The molecule has 0 saturated heterocycles. The fourth-order valence-corrected chi connectivity index (χ4v) is 2.00. The molecule has 1 amide bonds. The minimum absolute atomic E-state index is 0.177. The Hall–Kier alpha value is -1.03. The van der Waals surface area contributed by atoms with E-state index in [1.165, 1.54) is 11.8 Å². The van der Waals surface area contributed by atoms with E-state index in [4.69, 9.17) is 0 Å². The summed E-state index contributed by atoms with van der Waals surface area (Å²) < 4.78 is 0. The van der Waals surface area contributed by atoms with Crippen molar-refractivity contribution < 1.29 is 4.79 Å². The third-order valence-electron chi connectivity index (χ3n) is 2.10. The van der Waals surface area contributed by atoms with Crippen LogP contribution in [0.15, 0.2) is 29.4 Å². The van der Waals surface area contributed by atoms with E-state index >= 15 is 0 Å². The molecule has 1 heterocycles. The summed E-state index contributed by atoms with van der Waals surface area (Å²) in [6, 6.07) is 5.72. The number of amides is 1. The molecule has 4 heteroatoms. The molecular formula is C11H16N2OS. The molecule has 0 spiro atoms. The fraction of sp³-hybridized carbons (Fsp3) is 0.455. The Morgan fingerprint density at radius 2 is 2.13 bits per heavy atom. The quantitative estimate of drug-likeness (QED) is 0.718. The molecule has 0 aliphatic heterocycles. The number of hydrogen-bond donors (Lipinski definition) is 0. The Morgan fingerprint density at radius 1 is 1.40 bits per heavy atom. The van der Waals surface area contributed by atoms with E-state index in [9.17, 15) is 4.79 Å². The SMILES string of the molecule is CCN(CC)C(=O)CSc1ccccn1. The minimum atomic E-state index is 0.177. The first kappa shape index (κ1) is 12.0. The second kappa shape index (κ2) is 6.45. The van der Waals surface area contributed by atoms with Crippen LogP contribution in [0.5, 0.6) is 0 Å². The topological polar surface area (TPSA) is 33.2 Å². The molecule has 0 bridgehead atoms. The van der Waals surface area contributed by atoms with Gasteiger partial charge in [0.25, 0.3) is 0 Å². The van der Waals surface area contributed by atoms with Crippen LogP contribution in [0.25, 0.3) is 0 Å². The molecule has 0 atom stereocenters. The first-order chi connectivity index (χ1) is 7.27. The van der Waals surface area contributed by atoms with Gasteiger partial charge in [0, 0.05) is 19.3 Å². The molecule has 0 aliphatic rings. The smallest absolute Gasteiger partial charge is 0.232 e. The average molecular weight is 224 g/mol. The number of pyridine rings is 1. The molecule has 3 nitrogen and oxygen atoms in total. The second-order valence-electron chi connectivity index (χ2n) is 3.02. The fourth-order valence-electron chi connectivity index (χ4n) is 1.24. The maximum atomic E-state index is 11.7. The lowest BCUT2D eigenvalue weighted by molar-refractivity contribution is -0.127. The molecule has 0 N–H and O–H groups in total. The molecule has 0 unspecified atom stereocenters. The van der Waals surface area contributed by atoms with Crippen LogP contribution in [-0.4, -0.2) is 34.6 Å². The van der Waals surface area contributed by atoms with Crippen molar-refractivity contribution in [3.63, 3.8) is 0 Å². The maximum Gasteiger partial charge on any atom is 0.232 e. The van der Waals surface area contributed by atoms with Crippen molar-refractivity contribution in [1.82, 2.24) is 9.88 Å². The van der Waals surface area contributed by atoms with Crippen molar-refractivity contribution >= 4 is 17.7 Å². The molecular weight excluding hydrogens is 208 g/mol. The molecule has 0 aromatic carbocycles. The van der Waals surface area contributed by atoms with Crippen LogP contribution in [0.2, 0.25) is 0 Å². The number of nitrogens with zero attached hydrogens (tertiary/aromatic N) is 2.